The molecule has 0 amide bonds. The number of carbonyl (C=O) groups is 1. The molecular weight excluding hydrogens is 391 g/mol. The van der Waals surface area contributed by atoms with Crippen molar-refractivity contribution in [1.29, 1.82) is 0 Å². The van der Waals surface area contributed by atoms with E-state index in [9.17, 15) is 13.2 Å². The third-order valence-corrected chi connectivity index (χ3v) is 5.65. The highest BCUT2D eigenvalue weighted by molar-refractivity contribution is 7.99. The average Bonchev–Trinajstić information content (AvgIpc) is 2.52. The minimum atomic E-state index is -3.42. The number of halogens is 2. The van der Waals surface area contributed by atoms with Crippen LogP contribution in [0.1, 0.15) is 10.4 Å². The second-order valence-electron chi connectivity index (χ2n) is 4.85. The van der Waals surface area contributed by atoms with Crippen molar-refractivity contribution in [3.05, 3.63) is 58.1 Å². The van der Waals surface area contributed by atoms with Crippen LogP contribution in [0.25, 0.3) is 0 Å². The van der Waals surface area contributed by atoms with Gasteiger partial charge >= 0.3 is 5.97 Å². The van der Waals surface area contributed by atoms with Crippen LogP contribution < -0.4 is 0 Å². The second-order valence-corrected chi connectivity index (χ2v) is 8.88. The van der Waals surface area contributed by atoms with Gasteiger partial charge < -0.3 is 4.74 Å². The van der Waals surface area contributed by atoms with E-state index < -0.39 is 15.8 Å². The Morgan fingerprint density at radius 1 is 1.12 bits per heavy atom. The molecule has 0 fully saturated rings. The van der Waals surface area contributed by atoms with Crippen LogP contribution in [-0.4, -0.2) is 33.0 Å². The largest absolute Gasteiger partial charge is 0.461 e. The quantitative estimate of drug-likeness (QED) is 0.406. The van der Waals surface area contributed by atoms with Gasteiger partial charge in [-0.15, -0.1) is 11.8 Å². The molecule has 0 radical (unpaired) electrons. The highest BCUT2D eigenvalue weighted by atomic mass is 35.5. The molecule has 0 aromatic heterocycles. The zero-order valence-corrected chi connectivity index (χ0v) is 15.8. The van der Waals surface area contributed by atoms with Crippen LogP contribution in [-0.2, 0) is 14.6 Å². The lowest BCUT2D eigenvalue weighted by Gasteiger charge is -2.08. The number of thioether (sulfide) groups is 1. The summed E-state index contributed by atoms with van der Waals surface area (Å²) in [5.41, 5.74) is 0.0380. The molecule has 0 aliphatic heterocycles. The van der Waals surface area contributed by atoms with Crippen LogP contribution in [0.5, 0.6) is 0 Å². The Balaban J connectivity index is 1.94. The normalized spacial score (nSPS) is 11.3. The van der Waals surface area contributed by atoms with Gasteiger partial charge in [-0.1, -0.05) is 23.2 Å². The zero-order valence-electron chi connectivity index (χ0n) is 12.7. The highest BCUT2D eigenvalue weighted by Crippen LogP contribution is 2.23. The van der Waals surface area contributed by atoms with E-state index in [-0.39, 0.29) is 22.1 Å². The first-order chi connectivity index (χ1) is 11.3. The Morgan fingerprint density at radius 3 is 2.42 bits per heavy atom. The van der Waals surface area contributed by atoms with Crippen molar-refractivity contribution in [1.82, 2.24) is 0 Å². The number of carbonyl (C=O) groups excluding carboxylic acids is 1. The Bertz CT molecular complexity index is 834. The third-order valence-electron chi connectivity index (χ3n) is 2.98. The van der Waals surface area contributed by atoms with Crippen LogP contribution in [0.4, 0.5) is 0 Å². The lowest BCUT2D eigenvalue weighted by Crippen LogP contribution is -2.10. The maximum absolute atomic E-state index is 12.1. The van der Waals surface area contributed by atoms with Crippen molar-refractivity contribution in [3.63, 3.8) is 0 Å². The number of esters is 1. The monoisotopic (exact) mass is 404 g/mol. The fraction of sp³-hybridized carbons (Fsp3) is 0.188. The molecule has 4 nitrogen and oxygen atoms in total. The van der Waals surface area contributed by atoms with Gasteiger partial charge in [0.25, 0.3) is 0 Å². The number of sulfone groups is 1. The number of hydrogen-bond donors (Lipinski definition) is 0. The molecule has 2 aromatic carbocycles. The van der Waals surface area contributed by atoms with Gasteiger partial charge in [0.05, 0.1) is 15.5 Å². The molecule has 128 valence electrons. The maximum Gasteiger partial charge on any atom is 0.339 e. The molecule has 0 unspecified atom stereocenters. The molecule has 2 aromatic rings. The number of rotatable bonds is 6. The van der Waals surface area contributed by atoms with E-state index in [1.807, 2.05) is 12.1 Å². The topological polar surface area (TPSA) is 60.4 Å². The van der Waals surface area contributed by atoms with Gasteiger partial charge in [0.2, 0.25) is 0 Å². The SMILES string of the molecule is CS(=O)(=O)c1ccc(Cl)c(C(=O)OCCSc2ccc(Cl)cc2)c1. The Morgan fingerprint density at radius 2 is 1.79 bits per heavy atom. The van der Waals surface area contributed by atoms with Gasteiger partial charge in [0.15, 0.2) is 9.84 Å². The smallest absolute Gasteiger partial charge is 0.339 e. The Labute approximate surface area is 155 Å². The summed E-state index contributed by atoms with van der Waals surface area (Å²) < 4.78 is 28.3. The van der Waals surface area contributed by atoms with Crippen molar-refractivity contribution in [2.24, 2.45) is 0 Å². The lowest BCUT2D eigenvalue weighted by molar-refractivity contribution is 0.0530. The molecular formula is C16H14Cl2O4S2. The Hall–Kier alpha value is -1.21. The molecule has 0 heterocycles. The molecule has 0 bridgehead atoms. The molecule has 0 N–H and O–H groups in total. The highest BCUT2D eigenvalue weighted by Gasteiger charge is 2.16. The fourth-order valence-electron chi connectivity index (χ4n) is 1.79. The molecule has 24 heavy (non-hydrogen) atoms. The van der Waals surface area contributed by atoms with E-state index >= 15 is 0 Å². The number of hydrogen-bond acceptors (Lipinski definition) is 5. The van der Waals surface area contributed by atoms with Crippen molar-refractivity contribution in [2.45, 2.75) is 9.79 Å². The number of benzene rings is 2. The molecule has 8 heteroatoms. The molecule has 0 spiro atoms. The minimum Gasteiger partial charge on any atom is -0.461 e. The summed E-state index contributed by atoms with van der Waals surface area (Å²) >= 11 is 13.3. The van der Waals surface area contributed by atoms with E-state index in [2.05, 4.69) is 0 Å². The molecule has 0 saturated heterocycles. The van der Waals surface area contributed by atoms with E-state index in [0.29, 0.717) is 10.8 Å². The van der Waals surface area contributed by atoms with Crippen molar-refractivity contribution in [2.75, 3.05) is 18.6 Å². The summed E-state index contributed by atoms with van der Waals surface area (Å²) in [5, 5.41) is 0.809. The predicted octanol–water partition coefficient (Wildman–Crippen LogP) is 4.35. The van der Waals surface area contributed by atoms with E-state index in [0.717, 1.165) is 11.2 Å². The van der Waals surface area contributed by atoms with Gasteiger partial charge in [-0.3, -0.25) is 0 Å². The van der Waals surface area contributed by atoms with Crippen LogP contribution in [0.2, 0.25) is 10.0 Å². The molecule has 2 rings (SSSR count). The van der Waals surface area contributed by atoms with Gasteiger partial charge in [0.1, 0.15) is 6.61 Å². The van der Waals surface area contributed by atoms with Crippen LogP contribution in [0, 0.1) is 0 Å². The van der Waals surface area contributed by atoms with Gasteiger partial charge in [-0.05, 0) is 42.5 Å². The van der Waals surface area contributed by atoms with E-state index in [1.54, 1.807) is 12.1 Å². The average molecular weight is 405 g/mol. The first-order valence-electron chi connectivity index (χ1n) is 6.82. The summed E-state index contributed by atoms with van der Waals surface area (Å²) in [4.78, 5) is 13.1. The van der Waals surface area contributed by atoms with Gasteiger partial charge in [-0.2, -0.15) is 0 Å². The van der Waals surface area contributed by atoms with E-state index in [4.69, 9.17) is 27.9 Å². The minimum absolute atomic E-state index is 0.0226. The first-order valence-corrected chi connectivity index (χ1v) is 10.5. The van der Waals surface area contributed by atoms with Gasteiger partial charge in [0, 0.05) is 21.9 Å². The van der Waals surface area contributed by atoms with Crippen LogP contribution >= 0.6 is 35.0 Å². The molecule has 0 aliphatic carbocycles. The third kappa shape index (κ3) is 5.41. The van der Waals surface area contributed by atoms with Crippen molar-refractivity contribution >= 4 is 50.8 Å². The van der Waals surface area contributed by atoms with Crippen LogP contribution in [0.15, 0.2) is 52.3 Å². The lowest BCUT2D eigenvalue weighted by atomic mass is 10.2. The first kappa shape index (κ1) is 19.1. The Kier molecular flexibility index (Phi) is 6.57. The summed E-state index contributed by atoms with van der Waals surface area (Å²) in [6, 6.07) is 11.3. The molecule has 0 aliphatic rings. The maximum atomic E-state index is 12.1. The second kappa shape index (κ2) is 8.25. The standard InChI is InChI=1S/C16H14Cl2O4S2/c1-24(20,21)13-6-7-15(18)14(10-13)16(19)22-8-9-23-12-4-2-11(17)3-5-12/h2-7,10H,8-9H2,1H3. The summed E-state index contributed by atoms with van der Waals surface area (Å²) in [7, 11) is -3.42. The summed E-state index contributed by atoms with van der Waals surface area (Å²) in [5.74, 6) is -0.0984. The van der Waals surface area contributed by atoms with Crippen molar-refractivity contribution in [3.8, 4) is 0 Å². The summed E-state index contributed by atoms with van der Waals surface area (Å²) in [6.45, 7) is 0.172. The fourth-order valence-corrected chi connectivity index (χ4v) is 3.49. The predicted molar refractivity (Wildman–Crippen MR) is 97.0 cm³/mol. The number of ether oxygens (including phenoxy) is 1. The van der Waals surface area contributed by atoms with E-state index in [1.165, 1.54) is 30.0 Å². The van der Waals surface area contributed by atoms with Crippen LogP contribution in [0.3, 0.4) is 0 Å². The van der Waals surface area contributed by atoms with Crippen molar-refractivity contribution < 1.29 is 17.9 Å². The zero-order chi connectivity index (χ0) is 17.7. The molecule has 0 atom stereocenters. The summed E-state index contributed by atoms with van der Waals surface area (Å²) in [6.07, 6.45) is 1.06. The molecule has 0 saturated carbocycles. The van der Waals surface area contributed by atoms with Gasteiger partial charge in [-0.25, -0.2) is 13.2 Å².